The van der Waals surface area contributed by atoms with E-state index in [4.69, 9.17) is 18.9 Å². The second-order valence-corrected chi connectivity index (χ2v) is 14.6. The highest BCUT2D eigenvalue weighted by molar-refractivity contribution is 5.90. The molecule has 0 amide bonds. The molecular formula is C36H42N2O6. The topological polar surface area (TPSA) is 77.5 Å². The minimum atomic E-state index is -0.284. The molecule has 2 saturated heterocycles. The van der Waals surface area contributed by atoms with Crippen molar-refractivity contribution in [2.45, 2.75) is 86.5 Å². The largest absolute Gasteiger partial charge is 0.493 e. The van der Waals surface area contributed by atoms with Crippen molar-refractivity contribution in [3.63, 3.8) is 0 Å². The SMILES string of the molecule is COc1ccc2c3c1O[C@H]1C(=O)CC[C@H]4[C@@H](C2)N(C)CC[C@]314.COc1ccc2c3c1O[C@H]1C(=O)CC[C@H]4[C@@H](C2)N(C)CC[C@]314. The van der Waals surface area contributed by atoms with E-state index >= 15 is 0 Å². The van der Waals surface area contributed by atoms with Crippen molar-refractivity contribution in [2.24, 2.45) is 11.8 Å². The summed E-state index contributed by atoms with van der Waals surface area (Å²) in [6, 6.07) is 9.46. The molecule has 4 heterocycles. The van der Waals surface area contributed by atoms with Crippen molar-refractivity contribution in [1.82, 2.24) is 9.80 Å². The third kappa shape index (κ3) is 3.16. The number of likely N-dealkylation sites (tertiary alicyclic amines) is 2. The minimum absolute atomic E-state index is 0.0933. The van der Waals surface area contributed by atoms with Gasteiger partial charge in [-0.25, -0.2) is 0 Å². The summed E-state index contributed by atoms with van der Waals surface area (Å²) < 4.78 is 23.6. The van der Waals surface area contributed by atoms with E-state index in [0.29, 0.717) is 36.8 Å². The molecule has 2 aromatic carbocycles. The van der Waals surface area contributed by atoms with E-state index in [-0.39, 0.29) is 34.6 Å². The van der Waals surface area contributed by atoms with E-state index in [2.05, 4.69) is 36.0 Å². The molecule has 0 aromatic heterocycles. The van der Waals surface area contributed by atoms with E-state index in [9.17, 15) is 9.59 Å². The molecule has 0 unspecified atom stereocenters. The Balaban J connectivity index is 0.000000123. The Bertz CT molecular complexity index is 1490. The Hall–Kier alpha value is -3.10. The summed E-state index contributed by atoms with van der Waals surface area (Å²) in [7, 11) is 7.82. The molecule has 2 saturated carbocycles. The van der Waals surface area contributed by atoms with Crippen molar-refractivity contribution in [3.05, 3.63) is 46.5 Å². The number of nitrogens with zero attached hydrogens (tertiary/aromatic N) is 2. The van der Waals surface area contributed by atoms with Gasteiger partial charge in [-0.05, 0) is 101 Å². The van der Waals surface area contributed by atoms with Gasteiger partial charge in [-0.3, -0.25) is 9.59 Å². The number of rotatable bonds is 2. The summed E-state index contributed by atoms with van der Waals surface area (Å²) in [5.74, 6) is 4.92. The first-order valence-corrected chi connectivity index (χ1v) is 16.5. The van der Waals surface area contributed by atoms with Crippen LogP contribution in [0.1, 0.15) is 60.8 Å². The second-order valence-electron chi connectivity index (χ2n) is 14.6. The van der Waals surface area contributed by atoms with Crippen molar-refractivity contribution in [2.75, 3.05) is 41.4 Å². The lowest BCUT2D eigenvalue weighted by Crippen LogP contribution is -2.65. The quantitative estimate of drug-likeness (QED) is 0.516. The van der Waals surface area contributed by atoms with E-state index in [1.165, 1.54) is 22.3 Å². The first-order valence-electron chi connectivity index (χ1n) is 16.5. The highest BCUT2D eigenvalue weighted by Gasteiger charge is 2.67. The normalized spacial score (nSPS) is 38.5. The summed E-state index contributed by atoms with van der Waals surface area (Å²) in [6.45, 7) is 2.09. The molecule has 2 spiro atoms. The number of carbonyl (C=O) groups excluding carboxylic acids is 2. The van der Waals surface area contributed by atoms with Gasteiger partial charge in [0.15, 0.2) is 46.8 Å². The van der Waals surface area contributed by atoms with Crippen molar-refractivity contribution in [3.8, 4) is 23.0 Å². The highest BCUT2D eigenvalue weighted by atomic mass is 16.5. The average Bonchev–Trinajstić information content (AvgIpc) is 3.57. The summed E-state index contributed by atoms with van der Waals surface area (Å²) in [4.78, 5) is 30.2. The maximum atomic E-state index is 12.6. The highest BCUT2D eigenvalue weighted by Crippen LogP contribution is 2.64. The standard InChI is InChI=1S/2C18H21NO3/c2*1-19-8-7-18-11-4-5-13(20)17(18)22-16-14(21-2)6-3-10(15(16)18)9-12(11)19/h2*3,6,11-12,17H,4-5,7-9H2,1-2H3/t2*11-,12+,17-,18-/m00/s1. The fourth-order valence-corrected chi connectivity index (χ4v) is 11.3. The Morgan fingerprint density at radius 3 is 1.55 bits per heavy atom. The van der Waals surface area contributed by atoms with E-state index < -0.39 is 0 Å². The lowest BCUT2D eigenvalue weighted by atomic mass is 9.52. The fourth-order valence-electron chi connectivity index (χ4n) is 11.3. The Morgan fingerprint density at radius 1 is 0.705 bits per heavy atom. The number of carbonyl (C=O) groups is 2. The fraction of sp³-hybridized carbons (Fsp3) is 0.611. The molecule has 8 atom stereocenters. The molecule has 8 nitrogen and oxygen atoms in total. The van der Waals surface area contributed by atoms with Crippen LogP contribution in [0.25, 0.3) is 0 Å². The van der Waals surface area contributed by atoms with Crippen LogP contribution in [-0.2, 0) is 33.3 Å². The maximum Gasteiger partial charge on any atom is 0.174 e. The Morgan fingerprint density at radius 2 is 1.14 bits per heavy atom. The van der Waals surface area contributed by atoms with Crippen LogP contribution in [0, 0.1) is 11.8 Å². The molecule has 8 heteroatoms. The molecule has 4 fully saturated rings. The number of ketones is 2. The van der Waals surface area contributed by atoms with Gasteiger partial charge in [0.1, 0.15) is 0 Å². The van der Waals surface area contributed by atoms with Gasteiger partial charge in [0, 0.05) is 46.9 Å². The van der Waals surface area contributed by atoms with Gasteiger partial charge in [-0.2, -0.15) is 0 Å². The van der Waals surface area contributed by atoms with Crippen molar-refractivity contribution < 1.29 is 28.5 Å². The van der Waals surface area contributed by atoms with E-state index in [0.717, 1.165) is 74.6 Å². The summed E-state index contributed by atoms with van der Waals surface area (Å²) >= 11 is 0. The van der Waals surface area contributed by atoms with Crippen LogP contribution in [0.5, 0.6) is 23.0 Å². The molecule has 232 valence electrons. The van der Waals surface area contributed by atoms with Gasteiger partial charge < -0.3 is 28.7 Å². The van der Waals surface area contributed by atoms with Crippen LogP contribution < -0.4 is 18.9 Å². The second kappa shape index (κ2) is 9.23. The summed E-state index contributed by atoms with van der Waals surface area (Å²) in [5.41, 5.74) is 5.15. The number of piperidine rings is 2. The number of Topliss-reactive ketones (excluding diaryl/α,β-unsaturated/α-hetero) is 2. The lowest BCUT2D eigenvalue weighted by Gasteiger charge is -2.57. The lowest BCUT2D eigenvalue weighted by molar-refractivity contribution is -0.138. The number of benzene rings is 2. The number of hydrogen-bond donors (Lipinski definition) is 0. The van der Waals surface area contributed by atoms with Gasteiger partial charge in [-0.15, -0.1) is 0 Å². The summed E-state index contributed by atoms with van der Waals surface area (Å²) in [5, 5.41) is 0. The first kappa shape index (κ1) is 27.2. The molecule has 10 rings (SSSR count). The zero-order valence-electron chi connectivity index (χ0n) is 26.2. The van der Waals surface area contributed by atoms with Crippen molar-refractivity contribution >= 4 is 11.6 Å². The molecule has 8 aliphatic rings. The average molecular weight is 599 g/mol. The van der Waals surface area contributed by atoms with Crippen LogP contribution in [-0.4, -0.2) is 87.1 Å². The number of ether oxygens (including phenoxy) is 4. The summed E-state index contributed by atoms with van der Waals surface area (Å²) in [6.07, 6.45) is 6.94. The number of likely N-dealkylation sites (N-methyl/N-ethyl adjacent to an activating group) is 2. The third-order valence-electron chi connectivity index (χ3n) is 13.2. The third-order valence-corrected chi connectivity index (χ3v) is 13.2. The van der Waals surface area contributed by atoms with Crippen molar-refractivity contribution in [1.29, 1.82) is 0 Å². The molecule has 4 aliphatic carbocycles. The minimum Gasteiger partial charge on any atom is -0.493 e. The molecule has 4 bridgehead atoms. The molecular weight excluding hydrogens is 556 g/mol. The molecule has 0 N–H and O–H groups in total. The van der Waals surface area contributed by atoms with Gasteiger partial charge in [0.2, 0.25) is 0 Å². The number of hydrogen-bond acceptors (Lipinski definition) is 8. The van der Waals surface area contributed by atoms with Gasteiger partial charge in [0.25, 0.3) is 0 Å². The zero-order chi connectivity index (χ0) is 30.1. The van der Waals surface area contributed by atoms with Gasteiger partial charge in [0.05, 0.1) is 14.2 Å². The molecule has 4 aliphatic heterocycles. The molecule has 2 aromatic rings. The van der Waals surface area contributed by atoms with Crippen LogP contribution in [0.15, 0.2) is 24.3 Å². The maximum absolute atomic E-state index is 12.6. The number of methoxy groups -OCH3 is 2. The van der Waals surface area contributed by atoms with Crippen LogP contribution in [0.2, 0.25) is 0 Å². The predicted molar refractivity (Wildman–Crippen MR) is 163 cm³/mol. The van der Waals surface area contributed by atoms with Gasteiger partial charge >= 0.3 is 0 Å². The van der Waals surface area contributed by atoms with E-state index in [1.54, 1.807) is 14.2 Å². The predicted octanol–water partition coefficient (Wildman–Crippen LogP) is 3.87. The van der Waals surface area contributed by atoms with Gasteiger partial charge in [-0.1, -0.05) is 12.1 Å². The molecule has 0 radical (unpaired) electrons. The smallest absolute Gasteiger partial charge is 0.174 e. The van der Waals surface area contributed by atoms with E-state index in [1.807, 2.05) is 12.1 Å². The first-order chi connectivity index (χ1) is 21.3. The monoisotopic (exact) mass is 598 g/mol. The van der Waals surface area contributed by atoms with Crippen LogP contribution in [0.3, 0.4) is 0 Å². The zero-order valence-corrected chi connectivity index (χ0v) is 26.2. The Labute approximate surface area is 259 Å². The van der Waals surface area contributed by atoms with Crippen LogP contribution >= 0.6 is 0 Å². The Kier molecular flexibility index (Phi) is 5.71. The van der Waals surface area contributed by atoms with Crippen LogP contribution in [0.4, 0.5) is 0 Å². The molecule has 44 heavy (non-hydrogen) atoms.